The Balaban J connectivity index is 2.25. The van der Waals surface area contributed by atoms with E-state index in [0.29, 0.717) is 15.3 Å². The van der Waals surface area contributed by atoms with E-state index in [1.54, 1.807) is 0 Å². The summed E-state index contributed by atoms with van der Waals surface area (Å²) in [6.45, 7) is 0. The first-order valence-corrected chi connectivity index (χ1v) is 8.52. The number of halogens is 1. The molecule has 2 aromatic carbocycles. The van der Waals surface area contributed by atoms with Gasteiger partial charge in [0.15, 0.2) is 0 Å². The smallest absolute Gasteiger partial charge is 0.263 e. The number of para-hydroxylation sites is 1. The Hall–Kier alpha value is -1.37. The van der Waals surface area contributed by atoms with Crippen LogP contribution >= 0.6 is 39.9 Å². The molecule has 0 radical (unpaired) electrons. The van der Waals surface area contributed by atoms with Crippen LogP contribution in [0.4, 0.5) is 5.69 Å². The van der Waals surface area contributed by atoms with E-state index in [0.717, 1.165) is 10.2 Å². The lowest BCUT2D eigenvalue weighted by atomic mass is 10.3. The second-order valence-electron chi connectivity index (χ2n) is 4.54. The van der Waals surface area contributed by atoms with Crippen LogP contribution in [0.15, 0.2) is 64.1 Å². The number of rotatable bonds is 2. The third-order valence-electron chi connectivity index (χ3n) is 2.52. The average Bonchev–Trinajstić information content (AvgIpc) is 2.48. The van der Waals surface area contributed by atoms with Gasteiger partial charge >= 0.3 is 0 Å². The third kappa shape index (κ3) is 5.44. The molecular weight excluding hydrogens is 380 g/mol. The van der Waals surface area contributed by atoms with Crippen molar-refractivity contribution in [3.8, 4) is 5.75 Å². The van der Waals surface area contributed by atoms with Gasteiger partial charge in [-0.1, -0.05) is 52.4 Å². The van der Waals surface area contributed by atoms with Gasteiger partial charge in [0.2, 0.25) is 0 Å². The van der Waals surface area contributed by atoms with Gasteiger partial charge in [0.1, 0.15) is 10.1 Å². The monoisotopic (exact) mass is 394 g/mol. The van der Waals surface area contributed by atoms with Crippen molar-refractivity contribution in [2.75, 3.05) is 14.1 Å². The van der Waals surface area contributed by atoms with Crippen molar-refractivity contribution < 1.29 is 4.74 Å². The molecule has 0 amide bonds. The number of ether oxygens (including phenoxy) is 1. The summed E-state index contributed by atoms with van der Waals surface area (Å²) in [6, 6.07) is 17.3. The standard InChI is InChI=1S/C16H15BrN2OS2/c1-19(2)16(21)22-15(18-13-8-4-3-5-9-13)20-14-10-6-7-12(17)11-14/h3-11H,1-2H3. The molecule has 0 spiro atoms. The predicted octanol–water partition coefficient (Wildman–Crippen LogP) is 5.10. The van der Waals surface area contributed by atoms with Crippen LogP contribution in [0.1, 0.15) is 0 Å². The van der Waals surface area contributed by atoms with Crippen LogP contribution in [0.25, 0.3) is 0 Å². The topological polar surface area (TPSA) is 24.8 Å². The lowest BCUT2D eigenvalue weighted by Crippen LogP contribution is -2.19. The summed E-state index contributed by atoms with van der Waals surface area (Å²) in [5.74, 6) is 0.707. The van der Waals surface area contributed by atoms with Gasteiger partial charge in [-0.3, -0.25) is 0 Å². The minimum Gasteiger partial charge on any atom is -0.433 e. The van der Waals surface area contributed by atoms with Crippen LogP contribution in [-0.4, -0.2) is 28.5 Å². The van der Waals surface area contributed by atoms with Crippen LogP contribution in [0.3, 0.4) is 0 Å². The Bertz CT molecular complexity index is 675. The molecule has 0 saturated heterocycles. The molecule has 0 saturated carbocycles. The molecule has 114 valence electrons. The molecule has 0 N–H and O–H groups in total. The molecule has 0 fully saturated rings. The molecule has 0 aliphatic heterocycles. The van der Waals surface area contributed by atoms with Crippen LogP contribution < -0.4 is 4.74 Å². The SMILES string of the molecule is CN(C)C(=S)SC(=Nc1ccccc1)Oc1cccc(Br)c1. The Morgan fingerprint density at radius 3 is 2.50 bits per heavy atom. The number of hydrogen-bond donors (Lipinski definition) is 0. The van der Waals surface area contributed by atoms with Gasteiger partial charge in [-0.25, -0.2) is 4.99 Å². The summed E-state index contributed by atoms with van der Waals surface area (Å²) in [7, 11) is 3.79. The van der Waals surface area contributed by atoms with Crippen molar-refractivity contribution in [1.29, 1.82) is 0 Å². The second-order valence-corrected chi connectivity index (χ2v) is 7.04. The van der Waals surface area contributed by atoms with Crippen LogP contribution in [0, 0.1) is 0 Å². The molecule has 2 rings (SSSR count). The van der Waals surface area contributed by atoms with Crippen molar-refractivity contribution >= 4 is 55.1 Å². The molecule has 0 bridgehead atoms. The third-order valence-corrected chi connectivity index (χ3v) is 4.52. The fourth-order valence-corrected chi connectivity index (χ4v) is 2.68. The molecule has 6 heteroatoms. The highest BCUT2D eigenvalue weighted by Gasteiger charge is 2.10. The van der Waals surface area contributed by atoms with Gasteiger partial charge in [0.05, 0.1) is 5.69 Å². The maximum absolute atomic E-state index is 5.89. The maximum atomic E-state index is 5.89. The minimum absolute atomic E-state index is 0.489. The second kappa shape index (κ2) is 8.31. The number of thioether (sulfide) groups is 1. The van der Waals surface area contributed by atoms with E-state index in [1.165, 1.54) is 11.8 Å². The zero-order valence-electron chi connectivity index (χ0n) is 12.2. The predicted molar refractivity (Wildman–Crippen MR) is 102 cm³/mol. The highest BCUT2D eigenvalue weighted by molar-refractivity contribution is 9.10. The van der Waals surface area contributed by atoms with Gasteiger partial charge in [0.25, 0.3) is 5.23 Å². The highest BCUT2D eigenvalue weighted by Crippen LogP contribution is 2.23. The largest absolute Gasteiger partial charge is 0.433 e. The van der Waals surface area contributed by atoms with E-state index in [-0.39, 0.29) is 0 Å². The van der Waals surface area contributed by atoms with Gasteiger partial charge in [0, 0.05) is 18.6 Å². The van der Waals surface area contributed by atoms with Crippen LogP contribution in [0.2, 0.25) is 0 Å². The van der Waals surface area contributed by atoms with Crippen molar-refractivity contribution in [1.82, 2.24) is 4.90 Å². The summed E-state index contributed by atoms with van der Waals surface area (Å²) in [6.07, 6.45) is 0. The van der Waals surface area contributed by atoms with Crippen molar-refractivity contribution in [2.24, 2.45) is 4.99 Å². The summed E-state index contributed by atoms with van der Waals surface area (Å²) >= 11 is 10.1. The molecule has 3 nitrogen and oxygen atoms in total. The Morgan fingerprint density at radius 1 is 1.14 bits per heavy atom. The quantitative estimate of drug-likeness (QED) is 0.402. The van der Waals surface area contributed by atoms with Crippen molar-refractivity contribution in [2.45, 2.75) is 0 Å². The minimum atomic E-state index is 0.489. The lowest BCUT2D eigenvalue weighted by Gasteiger charge is -2.14. The van der Waals surface area contributed by atoms with Gasteiger partial charge in [-0.15, -0.1) is 0 Å². The maximum Gasteiger partial charge on any atom is 0.263 e. The first kappa shape index (κ1) is 17.0. The first-order chi connectivity index (χ1) is 10.5. The highest BCUT2D eigenvalue weighted by atomic mass is 79.9. The van der Waals surface area contributed by atoms with E-state index in [4.69, 9.17) is 17.0 Å². The summed E-state index contributed by atoms with van der Waals surface area (Å²) in [5, 5.41) is 0.489. The molecule has 0 heterocycles. The Labute approximate surface area is 148 Å². The van der Waals surface area contributed by atoms with Gasteiger partial charge < -0.3 is 9.64 Å². The van der Waals surface area contributed by atoms with Crippen molar-refractivity contribution in [3.63, 3.8) is 0 Å². The van der Waals surface area contributed by atoms with Crippen LogP contribution in [-0.2, 0) is 0 Å². The molecule has 0 aromatic heterocycles. The normalized spacial score (nSPS) is 11.1. The zero-order chi connectivity index (χ0) is 15.9. The Kier molecular flexibility index (Phi) is 6.42. The number of aliphatic imine (C=N–C) groups is 1. The van der Waals surface area contributed by atoms with Gasteiger partial charge in [-0.2, -0.15) is 0 Å². The van der Waals surface area contributed by atoms with E-state index in [9.17, 15) is 0 Å². The summed E-state index contributed by atoms with van der Waals surface area (Å²) in [4.78, 5) is 6.39. The number of benzene rings is 2. The van der Waals surface area contributed by atoms with Crippen molar-refractivity contribution in [3.05, 3.63) is 59.1 Å². The average molecular weight is 395 g/mol. The summed E-state index contributed by atoms with van der Waals surface area (Å²) < 4.78 is 7.52. The van der Waals surface area contributed by atoms with E-state index >= 15 is 0 Å². The molecule has 0 atom stereocenters. The number of thiocarbonyl (C=S) groups is 1. The van der Waals surface area contributed by atoms with Crippen LogP contribution in [0.5, 0.6) is 5.75 Å². The molecular formula is C16H15BrN2OS2. The zero-order valence-corrected chi connectivity index (χ0v) is 15.4. The Morgan fingerprint density at radius 2 is 1.86 bits per heavy atom. The lowest BCUT2D eigenvalue weighted by molar-refractivity contribution is 0.566. The summed E-state index contributed by atoms with van der Waals surface area (Å²) in [5.41, 5.74) is 0.821. The molecule has 0 aliphatic rings. The van der Waals surface area contributed by atoms with Gasteiger partial charge in [-0.05, 0) is 42.1 Å². The number of hydrogen-bond acceptors (Lipinski definition) is 4. The molecule has 22 heavy (non-hydrogen) atoms. The fourth-order valence-electron chi connectivity index (χ4n) is 1.47. The van der Waals surface area contributed by atoms with E-state index in [2.05, 4.69) is 20.9 Å². The van der Waals surface area contributed by atoms with E-state index in [1.807, 2.05) is 73.6 Å². The molecule has 2 aromatic rings. The molecule has 0 aliphatic carbocycles. The fraction of sp³-hybridized carbons (Fsp3) is 0.125. The molecule has 0 unspecified atom stereocenters. The first-order valence-electron chi connectivity index (χ1n) is 6.51. The van der Waals surface area contributed by atoms with E-state index < -0.39 is 0 Å². The number of nitrogens with zero attached hydrogens (tertiary/aromatic N) is 2.